The third-order valence-corrected chi connectivity index (χ3v) is 2.75. The molecule has 0 rings (SSSR count). The number of carbonyl (C=O) groups is 2. The summed E-state index contributed by atoms with van der Waals surface area (Å²) in [6.45, 7) is 0.418. The monoisotopic (exact) mass is 264 g/mol. The summed E-state index contributed by atoms with van der Waals surface area (Å²) < 4.78 is 0.567. The molecular weight excluding hydrogens is 242 g/mol. The van der Waals surface area contributed by atoms with Crippen LogP contribution in [0.15, 0.2) is 0 Å². The SMILES string of the molecule is C[N+](C)(C)CC(O)CC(=O)SC(=O)CCCO. The molecule has 0 heterocycles. The zero-order valence-corrected chi connectivity index (χ0v) is 11.5. The van der Waals surface area contributed by atoms with Gasteiger partial charge in [-0.2, -0.15) is 0 Å². The predicted molar refractivity (Wildman–Crippen MR) is 67.4 cm³/mol. The van der Waals surface area contributed by atoms with Crippen LogP contribution in [0.4, 0.5) is 0 Å². The van der Waals surface area contributed by atoms with Crippen molar-refractivity contribution in [2.75, 3.05) is 34.3 Å². The zero-order chi connectivity index (χ0) is 13.5. The standard InChI is InChI=1S/C11H22NO4S/c1-12(2,3)8-9(14)7-11(16)17-10(15)5-4-6-13/h9,13-14H,4-8H2,1-3H3/q+1. The van der Waals surface area contributed by atoms with Gasteiger partial charge in [0.25, 0.3) is 0 Å². The van der Waals surface area contributed by atoms with Crippen LogP contribution < -0.4 is 0 Å². The fraction of sp³-hybridized carbons (Fsp3) is 0.818. The van der Waals surface area contributed by atoms with E-state index in [1.165, 1.54) is 0 Å². The molecule has 0 aromatic heterocycles. The first-order valence-electron chi connectivity index (χ1n) is 5.57. The smallest absolute Gasteiger partial charge is 0.199 e. The fourth-order valence-electron chi connectivity index (χ4n) is 1.33. The Labute approximate surface area is 106 Å². The van der Waals surface area contributed by atoms with E-state index in [-0.39, 0.29) is 29.7 Å². The number of aliphatic hydroxyl groups excluding tert-OH is 2. The first kappa shape index (κ1) is 16.6. The second-order valence-corrected chi connectivity index (χ2v) is 6.12. The number of carbonyl (C=O) groups excluding carboxylic acids is 2. The highest BCUT2D eigenvalue weighted by Gasteiger charge is 2.20. The fourth-order valence-corrected chi connectivity index (χ4v) is 2.11. The summed E-state index contributed by atoms with van der Waals surface area (Å²) in [5, 5.41) is 17.6. The van der Waals surface area contributed by atoms with Gasteiger partial charge < -0.3 is 14.7 Å². The molecule has 1 unspecified atom stereocenters. The van der Waals surface area contributed by atoms with E-state index < -0.39 is 6.10 Å². The molecule has 0 saturated heterocycles. The summed E-state index contributed by atoms with van der Waals surface area (Å²) in [7, 11) is 5.77. The molecule has 0 aliphatic carbocycles. The van der Waals surface area contributed by atoms with E-state index in [1.807, 2.05) is 21.1 Å². The highest BCUT2D eigenvalue weighted by atomic mass is 32.2. The van der Waals surface area contributed by atoms with Gasteiger partial charge in [-0.1, -0.05) is 0 Å². The van der Waals surface area contributed by atoms with E-state index >= 15 is 0 Å². The normalized spacial score (nSPS) is 13.5. The molecule has 0 radical (unpaired) electrons. The van der Waals surface area contributed by atoms with Crippen molar-refractivity contribution in [3.05, 3.63) is 0 Å². The van der Waals surface area contributed by atoms with E-state index in [0.29, 0.717) is 29.2 Å². The van der Waals surface area contributed by atoms with Gasteiger partial charge in [0.2, 0.25) is 0 Å². The number of hydrogen-bond acceptors (Lipinski definition) is 5. The summed E-state index contributed by atoms with van der Waals surface area (Å²) in [5.41, 5.74) is 0. The van der Waals surface area contributed by atoms with Crippen molar-refractivity contribution in [2.45, 2.75) is 25.4 Å². The summed E-state index contributed by atoms with van der Waals surface area (Å²) in [4.78, 5) is 22.7. The van der Waals surface area contributed by atoms with Gasteiger partial charge in [0.15, 0.2) is 10.2 Å². The van der Waals surface area contributed by atoms with Crippen LogP contribution in [-0.4, -0.2) is 65.3 Å². The van der Waals surface area contributed by atoms with Crippen LogP contribution in [0, 0.1) is 0 Å². The van der Waals surface area contributed by atoms with E-state index in [2.05, 4.69) is 0 Å². The molecule has 100 valence electrons. The van der Waals surface area contributed by atoms with Crippen LogP contribution in [0.5, 0.6) is 0 Å². The molecule has 0 spiro atoms. The largest absolute Gasteiger partial charge is 0.396 e. The molecule has 0 aromatic rings. The Hall–Kier alpha value is -0.430. The van der Waals surface area contributed by atoms with Crippen LogP contribution in [0.1, 0.15) is 19.3 Å². The number of nitrogens with zero attached hydrogens (tertiary/aromatic N) is 1. The molecular formula is C11H22NO4S+. The Morgan fingerprint density at radius 3 is 2.29 bits per heavy atom. The summed E-state index contributed by atoms with van der Waals surface area (Å²) in [5.74, 6) is 0. The van der Waals surface area contributed by atoms with Crippen LogP contribution in [0.2, 0.25) is 0 Å². The van der Waals surface area contributed by atoms with E-state index in [1.54, 1.807) is 0 Å². The second kappa shape index (κ2) is 7.81. The second-order valence-electron chi connectivity index (χ2n) is 5.00. The van der Waals surface area contributed by atoms with Crippen molar-refractivity contribution in [1.29, 1.82) is 0 Å². The van der Waals surface area contributed by atoms with E-state index in [4.69, 9.17) is 5.11 Å². The van der Waals surface area contributed by atoms with Gasteiger partial charge in [0.05, 0.1) is 21.1 Å². The Morgan fingerprint density at radius 1 is 1.24 bits per heavy atom. The molecule has 0 fully saturated rings. The minimum atomic E-state index is -0.722. The third kappa shape index (κ3) is 10.4. The number of quaternary nitrogens is 1. The van der Waals surface area contributed by atoms with Gasteiger partial charge in [-0.25, -0.2) is 0 Å². The Bertz CT molecular complexity index is 263. The van der Waals surface area contributed by atoms with Crippen molar-refractivity contribution in [1.82, 2.24) is 0 Å². The zero-order valence-electron chi connectivity index (χ0n) is 10.7. The van der Waals surface area contributed by atoms with E-state index in [0.717, 1.165) is 0 Å². The first-order chi connectivity index (χ1) is 7.74. The lowest BCUT2D eigenvalue weighted by Crippen LogP contribution is -2.41. The highest BCUT2D eigenvalue weighted by molar-refractivity contribution is 8.26. The highest BCUT2D eigenvalue weighted by Crippen LogP contribution is 2.13. The van der Waals surface area contributed by atoms with Gasteiger partial charge >= 0.3 is 0 Å². The van der Waals surface area contributed by atoms with Crippen LogP contribution in [-0.2, 0) is 9.59 Å². The van der Waals surface area contributed by atoms with Crippen molar-refractivity contribution in [2.24, 2.45) is 0 Å². The predicted octanol–water partition coefficient (Wildman–Crippen LogP) is 0.00250. The summed E-state index contributed by atoms with van der Waals surface area (Å²) >= 11 is 0.638. The molecule has 0 saturated carbocycles. The number of aliphatic hydroxyl groups is 2. The molecule has 0 amide bonds. The van der Waals surface area contributed by atoms with Gasteiger partial charge in [-0.3, -0.25) is 9.59 Å². The maximum absolute atomic E-state index is 11.4. The van der Waals surface area contributed by atoms with Crippen molar-refractivity contribution >= 4 is 22.0 Å². The average molecular weight is 264 g/mol. The molecule has 6 heteroatoms. The lowest BCUT2D eigenvalue weighted by Gasteiger charge is -2.26. The Balaban J connectivity index is 3.89. The molecule has 0 bridgehead atoms. The first-order valence-corrected chi connectivity index (χ1v) is 6.39. The lowest BCUT2D eigenvalue weighted by molar-refractivity contribution is -0.873. The summed E-state index contributed by atoms with van der Waals surface area (Å²) in [6, 6.07) is 0. The quantitative estimate of drug-likeness (QED) is 0.633. The van der Waals surface area contributed by atoms with Gasteiger partial charge in [0.1, 0.15) is 12.6 Å². The topological polar surface area (TPSA) is 74.6 Å². The number of likely N-dealkylation sites (N-methyl/N-ethyl adjacent to an activating group) is 1. The van der Waals surface area contributed by atoms with E-state index in [9.17, 15) is 14.7 Å². The van der Waals surface area contributed by atoms with Crippen LogP contribution >= 0.6 is 11.8 Å². The van der Waals surface area contributed by atoms with Crippen molar-refractivity contribution < 1.29 is 24.3 Å². The number of thioether (sulfide) groups is 1. The minimum Gasteiger partial charge on any atom is -0.396 e. The Morgan fingerprint density at radius 2 is 1.82 bits per heavy atom. The van der Waals surface area contributed by atoms with Gasteiger partial charge in [0, 0.05) is 19.4 Å². The lowest BCUT2D eigenvalue weighted by atomic mass is 10.2. The summed E-state index contributed by atoms with van der Waals surface area (Å²) in [6.07, 6.45) is -0.162. The van der Waals surface area contributed by atoms with Gasteiger partial charge in [-0.15, -0.1) is 0 Å². The van der Waals surface area contributed by atoms with Gasteiger partial charge in [-0.05, 0) is 18.2 Å². The number of rotatable bonds is 7. The molecule has 2 N–H and O–H groups in total. The molecule has 1 atom stereocenters. The third-order valence-electron chi connectivity index (χ3n) is 1.93. The molecule has 5 nitrogen and oxygen atoms in total. The molecule has 0 aliphatic heterocycles. The number of hydrogen-bond donors (Lipinski definition) is 2. The van der Waals surface area contributed by atoms with Crippen LogP contribution in [0.25, 0.3) is 0 Å². The molecule has 0 aromatic carbocycles. The molecule has 17 heavy (non-hydrogen) atoms. The average Bonchev–Trinajstić information content (AvgIpc) is 2.10. The molecule has 0 aliphatic rings. The maximum Gasteiger partial charge on any atom is 0.199 e. The Kier molecular flexibility index (Phi) is 7.61. The van der Waals surface area contributed by atoms with Crippen molar-refractivity contribution in [3.8, 4) is 0 Å². The minimum absolute atomic E-state index is 0.00888. The van der Waals surface area contributed by atoms with Crippen molar-refractivity contribution in [3.63, 3.8) is 0 Å². The maximum atomic E-state index is 11.4. The van der Waals surface area contributed by atoms with Crippen LogP contribution in [0.3, 0.4) is 0 Å².